The summed E-state index contributed by atoms with van der Waals surface area (Å²) in [5.41, 5.74) is 7.05. The molecular weight excluding hydrogens is 274 g/mol. The van der Waals surface area contributed by atoms with Gasteiger partial charge in [0.1, 0.15) is 0 Å². The van der Waals surface area contributed by atoms with E-state index < -0.39 is 0 Å². The van der Waals surface area contributed by atoms with E-state index in [4.69, 9.17) is 5.73 Å². The molecule has 0 aromatic heterocycles. The van der Waals surface area contributed by atoms with Crippen LogP contribution in [0.2, 0.25) is 0 Å². The Bertz CT molecular complexity index is 530. The number of piperazine rings is 1. The number of benzene rings is 1. The molecule has 1 aliphatic carbocycles. The number of carbonyl (C=O) groups excluding carboxylic acids is 1. The van der Waals surface area contributed by atoms with Gasteiger partial charge in [-0.25, -0.2) is 0 Å². The van der Waals surface area contributed by atoms with Gasteiger partial charge in [-0.1, -0.05) is 12.2 Å². The second kappa shape index (κ2) is 6.97. The summed E-state index contributed by atoms with van der Waals surface area (Å²) in [7, 11) is 0. The Morgan fingerprint density at radius 3 is 2.41 bits per heavy atom. The van der Waals surface area contributed by atoms with Crippen LogP contribution in [0.3, 0.4) is 0 Å². The molecule has 1 aromatic rings. The fourth-order valence-electron chi connectivity index (χ4n) is 3.41. The summed E-state index contributed by atoms with van der Waals surface area (Å²) in [5.74, 6) is 0.476. The number of nitrogens with two attached hydrogens (primary N) is 1. The van der Waals surface area contributed by atoms with Gasteiger partial charge in [0.15, 0.2) is 0 Å². The average Bonchev–Trinajstić information content (AvgIpc) is 2.57. The molecule has 0 radical (unpaired) electrons. The van der Waals surface area contributed by atoms with Gasteiger partial charge in [0.05, 0.1) is 0 Å². The zero-order chi connectivity index (χ0) is 15.4. The molecule has 4 heteroatoms. The predicted molar refractivity (Wildman–Crippen MR) is 90.1 cm³/mol. The Morgan fingerprint density at radius 1 is 1.09 bits per heavy atom. The fraction of sp³-hybridized carbons (Fsp3) is 0.500. The molecule has 1 aromatic carbocycles. The van der Waals surface area contributed by atoms with Gasteiger partial charge in [0.2, 0.25) is 5.91 Å². The number of allylic oxidation sites excluding steroid dienone is 2. The second-order valence-electron chi connectivity index (χ2n) is 6.35. The molecule has 118 valence electrons. The summed E-state index contributed by atoms with van der Waals surface area (Å²) >= 11 is 0. The van der Waals surface area contributed by atoms with Crippen molar-refractivity contribution < 1.29 is 4.79 Å². The van der Waals surface area contributed by atoms with Crippen molar-refractivity contribution >= 4 is 11.6 Å². The lowest BCUT2D eigenvalue weighted by atomic mass is 9.94. The van der Waals surface area contributed by atoms with Gasteiger partial charge < -0.3 is 10.6 Å². The van der Waals surface area contributed by atoms with E-state index in [0.29, 0.717) is 5.56 Å². The first kappa shape index (κ1) is 15.1. The molecule has 0 saturated carbocycles. The smallest absolute Gasteiger partial charge is 0.248 e. The first-order valence-electron chi connectivity index (χ1n) is 8.24. The number of rotatable bonds is 4. The van der Waals surface area contributed by atoms with Crippen molar-refractivity contribution in [2.75, 3.05) is 37.6 Å². The summed E-state index contributed by atoms with van der Waals surface area (Å²) in [6.45, 7) is 5.59. The van der Waals surface area contributed by atoms with Crippen LogP contribution in [0.1, 0.15) is 29.6 Å². The number of anilines is 1. The van der Waals surface area contributed by atoms with Crippen LogP contribution in [0, 0.1) is 5.92 Å². The number of hydrogen-bond acceptors (Lipinski definition) is 3. The minimum Gasteiger partial charge on any atom is -0.369 e. The highest BCUT2D eigenvalue weighted by Crippen LogP contribution is 2.21. The lowest BCUT2D eigenvalue weighted by Gasteiger charge is -2.38. The zero-order valence-electron chi connectivity index (χ0n) is 13.1. The summed E-state index contributed by atoms with van der Waals surface area (Å²) in [4.78, 5) is 16.1. The van der Waals surface area contributed by atoms with Gasteiger partial charge in [-0.15, -0.1) is 0 Å². The average molecular weight is 299 g/mol. The third kappa shape index (κ3) is 3.69. The molecule has 3 rings (SSSR count). The minimum atomic E-state index is -0.363. The normalized spacial score (nSPS) is 22.7. The molecule has 1 heterocycles. The molecule has 1 fully saturated rings. The van der Waals surface area contributed by atoms with Crippen molar-refractivity contribution in [3.8, 4) is 0 Å². The Labute approximate surface area is 132 Å². The molecule has 2 aliphatic rings. The number of nitrogens with zero attached hydrogens (tertiary/aromatic N) is 2. The summed E-state index contributed by atoms with van der Waals surface area (Å²) in [5, 5.41) is 0. The Balaban J connectivity index is 1.50. The molecule has 4 nitrogen and oxygen atoms in total. The Kier molecular flexibility index (Phi) is 4.78. The van der Waals surface area contributed by atoms with Gasteiger partial charge in [0, 0.05) is 44.0 Å². The molecule has 1 atom stereocenters. The van der Waals surface area contributed by atoms with Crippen molar-refractivity contribution in [2.24, 2.45) is 11.7 Å². The van der Waals surface area contributed by atoms with E-state index in [1.54, 1.807) is 0 Å². The molecule has 1 amide bonds. The van der Waals surface area contributed by atoms with Crippen LogP contribution >= 0.6 is 0 Å². The standard InChI is InChI=1S/C18H25N3O/c19-18(22)16-6-8-17(9-7-16)21-12-10-20(11-13-21)14-15-4-2-1-3-5-15/h1-2,6-9,15H,3-5,10-14H2,(H2,19,22)/t15-/m0/s1. The molecule has 0 bridgehead atoms. The molecular formula is C18H25N3O. The van der Waals surface area contributed by atoms with E-state index in [2.05, 4.69) is 22.0 Å². The lowest BCUT2D eigenvalue weighted by Crippen LogP contribution is -2.47. The SMILES string of the molecule is NC(=O)c1ccc(N2CCN(C[C@H]3CC=CCC3)CC2)cc1. The maximum absolute atomic E-state index is 11.1. The third-order valence-electron chi connectivity index (χ3n) is 4.78. The zero-order valence-corrected chi connectivity index (χ0v) is 13.1. The summed E-state index contributed by atoms with van der Waals surface area (Å²) in [6, 6.07) is 7.64. The van der Waals surface area contributed by atoms with Gasteiger partial charge in [-0.3, -0.25) is 9.69 Å². The minimum absolute atomic E-state index is 0.363. The van der Waals surface area contributed by atoms with Crippen molar-refractivity contribution in [2.45, 2.75) is 19.3 Å². The van der Waals surface area contributed by atoms with E-state index in [-0.39, 0.29) is 5.91 Å². The van der Waals surface area contributed by atoms with Crippen LogP contribution in [-0.2, 0) is 0 Å². The molecule has 0 unspecified atom stereocenters. The van der Waals surface area contributed by atoms with Crippen molar-refractivity contribution in [1.29, 1.82) is 0 Å². The van der Waals surface area contributed by atoms with Crippen molar-refractivity contribution in [3.05, 3.63) is 42.0 Å². The molecule has 22 heavy (non-hydrogen) atoms. The topological polar surface area (TPSA) is 49.6 Å². The lowest BCUT2D eigenvalue weighted by molar-refractivity contribution is 0.100. The van der Waals surface area contributed by atoms with Crippen LogP contribution in [-0.4, -0.2) is 43.5 Å². The van der Waals surface area contributed by atoms with Gasteiger partial charge in [0.25, 0.3) is 0 Å². The molecule has 0 spiro atoms. The third-order valence-corrected chi connectivity index (χ3v) is 4.78. The van der Waals surface area contributed by atoms with Crippen LogP contribution in [0.5, 0.6) is 0 Å². The summed E-state index contributed by atoms with van der Waals surface area (Å²) in [6.07, 6.45) is 8.48. The van der Waals surface area contributed by atoms with E-state index in [9.17, 15) is 4.79 Å². The van der Waals surface area contributed by atoms with Gasteiger partial charge in [-0.2, -0.15) is 0 Å². The maximum Gasteiger partial charge on any atom is 0.248 e. The summed E-state index contributed by atoms with van der Waals surface area (Å²) < 4.78 is 0. The predicted octanol–water partition coefficient (Wildman–Crippen LogP) is 2.26. The number of carbonyl (C=O) groups is 1. The van der Waals surface area contributed by atoms with E-state index in [0.717, 1.165) is 32.1 Å². The Morgan fingerprint density at radius 2 is 1.82 bits per heavy atom. The monoisotopic (exact) mass is 299 g/mol. The number of primary amides is 1. The van der Waals surface area contributed by atoms with E-state index >= 15 is 0 Å². The number of amides is 1. The van der Waals surface area contributed by atoms with Crippen LogP contribution in [0.4, 0.5) is 5.69 Å². The Hall–Kier alpha value is -1.81. The largest absolute Gasteiger partial charge is 0.369 e. The molecule has 1 saturated heterocycles. The number of hydrogen-bond donors (Lipinski definition) is 1. The first-order valence-corrected chi connectivity index (χ1v) is 8.24. The highest BCUT2D eigenvalue weighted by atomic mass is 16.1. The van der Waals surface area contributed by atoms with Crippen LogP contribution < -0.4 is 10.6 Å². The van der Waals surface area contributed by atoms with Crippen LogP contribution in [0.15, 0.2) is 36.4 Å². The van der Waals surface area contributed by atoms with Gasteiger partial charge >= 0.3 is 0 Å². The first-order chi connectivity index (χ1) is 10.7. The van der Waals surface area contributed by atoms with Gasteiger partial charge in [-0.05, 0) is 49.4 Å². The second-order valence-corrected chi connectivity index (χ2v) is 6.35. The molecule has 1 aliphatic heterocycles. The molecule has 2 N–H and O–H groups in total. The fourth-order valence-corrected chi connectivity index (χ4v) is 3.41. The van der Waals surface area contributed by atoms with Crippen molar-refractivity contribution in [3.63, 3.8) is 0 Å². The van der Waals surface area contributed by atoms with Crippen LogP contribution in [0.25, 0.3) is 0 Å². The highest BCUT2D eigenvalue weighted by Gasteiger charge is 2.20. The van der Waals surface area contributed by atoms with E-state index in [1.807, 2.05) is 24.3 Å². The van der Waals surface area contributed by atoms with Crippen molar-refractivity contribution in [1.82, 2.24) is 4.90 Å². The van der Waals surface area contributed by atoms with E-state index in [1.165, 1.54) is 31.5 Å². The quantitative estimate of drug-likeness (QED) is 0.868. The highest BCUT2D eigenvalue weighted by molar-refractivity contribution is 5.93. The maximum atomic E-state index is 11.1.